The first-order valence-corrected chi connectivity index (χ1v) is 9.61. The second-order valence-corrected chi connectivity index (χ2v) is 7.82. The molecule has 2 aromatic rings. The number of amides is 2. The van der Waals surface area contributed by atoms with Crippen molar-refractivity contribution in [2.24, 2.45) is 11.8 Å². The number of non-ortho nitro benzene ring substituents is 1. The van der Waals surface area contributed by atoms with Gasteiger partial charge in [-0.25, -0.2) is 4.90 Å². The number of aliphatic carboxylic acids is 1. The molecule has 2 fully saturated rings. The summed E-state index contributed by atoms with van der Waals surface area (Å²) < 4.78 is 5.11. The Labute approximate surface area is 181 Å². The summed E-state index contributed by atoms with van der Waals surface area (Å²) in [5, 5.41) is 34.5. The maximum Gasteiger partial charge on any atom is 0.324 e. The van der Waals surface area contributed by atoms with Crippen LogP contribution in [0.2, 0.25) is 0 Å². The first kappa shape index (κ1) is 21.2. The number of carboxylic acids is 1. The molecule has 2 heterocycles. The minimum absolute atomic E-state index is 0.0232. The normalized spacial score (nSPS) is 26.8. The van der Waals surface area contributed by atoms with Gasteiger partial charge >= 0.3 is 5.97 Å². The molecule has 2 aliphatic heterocycles. The van der Waals surface area contributed by atoms with Crippen molar-refractivity contribution in [1.29, 1.82) is 0 Å². The lowest BCUT2D eigenvalue weighted by molar-refractivity contribution is -0.384. The molecule has 166 valence electrons. The lowest BCUT2D eigenvalue weighted by Crippen LogP contribution is -2.53. The number of carboxylic acid groups (broad SMARTS) is 1. The monoisotopic (exact) mass is 441 g/mol. The van der Waals surface area contributed by atoms with Crippen molar-refractivity contribution in [3.8, 4) is 11.5 Å². The van der Waals surface area contributed by atoms with E-state index in [0.717, 1.165) is 11.0 Å². The van der Waals surface area contributed by atoms with Gasteiger partial charge in [0.05, 0.1) is 29.6 Å². The van der Waals surface area contributed by atoms with Gasteiger partial charge < -0.3 is 14.9 Å². The maximum atomic E-state index is 13.4. The van der Waals surface area contributed by atoms with E-state index in [1.165, 1.54) is 44.4 Å². The summed E-state index contributed by atoms with van der Waals surface area (Å²) in [6.45, 7) is 1.30. The van der Waals surface area contributed by atoms with Gasteiger partial charge in [-0.15, -0.1) is 0 Å². The largest absolute Gasteiger partial charge is 0.504 e. The van der Waals surface area contributed by atoms with E-state index in [9.17, 15) is 34.7 Å². The predicted molar refractivity (Wildman–Crippen MR) is 109 cm³/mol. The molecule has 0 saturated carbocycles. The van der Waals surface area contributed by atoms with E-state index in [0.29, 0.717) is 0 Å². The number of nitro benzene ring substituents is 1. The van der Waals surface area contributed by atoms with E-state index in [2.05, 4.69) is 5.32 Å². The number of para-hydroxylation sites is 1. The van der Waals surface area contributed by atoms with Crippen molar-refractivity contribution in [1.82, 2.24) is 5.32 Å². The Morgan fingerprint density at radius 1 is 1.22 bits per heavy atom. The Bertz CT molecular complexity index is 1170. The Morgan fingerprint density at radius 3 is 2.53 bits per heavy atom. The highest BCUT2D eigenvalue weighted by Gasteiger charge is 2.67. The zero-order valence-electron chi connectivity index (χ0n) is 17.0. The van der Waals surface area contributed by atoms with E-state index in [1.807, 2.05) is 0 Å². The van der Waals surface area contributed by atoms with Crippen LogP contribution in [0.15, 0.2) is 42.5 Å². The summed E-state index contributed by atoms with van der Waals surface area (Å²) in [7, 11) is 1.35. The fourth-order valence-corrected chi connectivity index (χ4v) is 4.56. The lowest BCUT2D eigenvalue weighted by atomic mass is 9.80. The molecule has 32 heavy (non-hydrogen) atoms. The van der Waals surface area contributed by atoms with Gasteiger partial charge in [0.1, 0.15) is 5.54 Å². The van der Waals surface area contributed by atoms with Crippen molar-refractivity contribution in [2.75, 3.05) is 12.0 Å². The van der Waals surface area contributed by atoms with Gasteiger partial charge in [0.15, 0.2) is 11.5 Å². The third-order valence-electron chi connectivity index (χ3n) is 6.12. The number of phenolic OH excluding ortho intramolecular Hbond substituents is 1. The van der Waals surface area contributed by atoms with E-state index in [1.54, 1.807) is 6.07 Å². The summed E-state index contributed by atoms with van der Waals surface area (Å²) >= 11 is 0. The van der Waals surface area contributed by atoms with Gasteiger partial charge in [-0.1, -0.05) is 18.2 Å². The molecule has 2 aromatic carbocycles. The molecule has 0 bridgehead atoms. The molecular formula is C21H19N3O8. The quantitative estimate of drug-likeness (QED) is 0.356. The number of methoxy groups -OCH3 is 1. The zero-order chi connectivity index (χ0) is 23.4. The number of anilines is 1. The number of hydrogen-bond acceptors (Lipinski definition) is 8. The Morgan fingerprint density at radius 2 is 1.91 bits per heavy atom. The van der Waals surface area contributed by atoms with Gasteiger partial charge in [0, 0.05) is 23.7 Å². The highest BCUT2D eigenvalue weighted by molar-refractivity contribution is 6.24. The summed E-state index contributed by atoms with van der Waals surface area (Å²) in [5.41, 5.74) is -1.97. The fourth-order valence-electron chi connectivity index (χ4n) is 4.56. The number of imide groups is 1. The number of nitrogens with one attached hydrogen (secondary N) is 1. The minimum Gasteiger partial charge on any atom is -0.504 e. The van der Waals surface area contributed by atoms with Crippen molar-refractivity contribution in [3.63, 3.8) is 0 Å². The van der Waals surface area contributed by atoms with Crippen LogP contribution in [0.5, 0.6) is 11.5 Å². The van der Waals surface area contributed by atoms with Crippen LogP contribution in [-0.4, -0.2) is 45.6 Å². The van der Waals surface area contributed by atoms with Crippen molar-refractivity contribution >= 4 is 29.2 Å². The Hall–Kier alpha value is -3.99. The van der Waals surface area contributed by atoms with Gasteiger partial charge in [-0.3, -0.25) is 29.8 Å². The number of carbonyl (C=O) groups excluding carboxylic acids is 2. The summed E-state index contributed by atoms with van der Waals surface area (Å²) in [6, 6.07) is 8.56. The van der Waals surface area contributed by atoms with Crippen LogP contribution in [-0.2, 0) is 14.4 Å². The molecule has 0 aliphatic carbocycles. The molecule has 11 heteroatoms. The third kappa shape index (κ3) is 2.89. The van der Waals surface area contributed by atoms with Crippen LogP contribution >= 0.6 is 0 Å². The molecule has 2 saturated heterocycles. The van der Waals surface area contributed by atoms with Crippen LogP contribution in [0.4, 0.5) is 11.4 Å². The number of ether oxygens (including phenoxy) is 1. The van der Waals surface area contributed by atoms with Crippen molar-refractivity contribution in [2.45, 2.75) is 18.5 Å². The smallest absolute Gasteiger partial charge is 0.324 e. The number of hydrogen-bond donors (Lipinski definition) is 3. The fraction of sp³-hybridized carbons (Fsp3) is 0.286. The van der Waals surface area contributed by atoms with Crippen LogP contribution < -0.4 is 15.0 Å². The number of nitro groups is 1. The molecule has 2 amide bonds. The second-order valence-electron chi connectivity index (χ2n) is 7.82. The Kier molecular flexibility index (Phi) is 4.85. The number of carbonyl (C=O) groups is 3. The third-order valence-corrected chi connectivity index (χ3v) is 6.12. The summed E-state index contributed by atoms with van der Waals surface area (Å²) in [5.74, 6) is -5.48. The predicted octanol–water partition coefficient (Wildman–Crippen LogP) is 1.60. The number of aromatic hydroxyl groups is 1. The molecular weight excluding hydrogens is 422 g/mol. The first-order valence-electron chi connectivity index (χ1n) is 9.61. The average molecular weight is 441 g/mol. The van der Waals surface area contributed by atoms with Gasteiger partial charge in [0.2, 0.25) is 11.8 Å². The number of phenols is 1. The summed E-state index contributed by atoms with van der Waals surface area (Å²) in [6.07, 6.45) is 0. The SMILES string of the molecule is COc1cccc(C2NC(C)(C(=O)O)C3C(=O)N(c4cccc([N+](=O)[O-])c4)C(=O)C23)c1O. The van der Waals surface area contributed by atoms with Crippen LogP contribution in [0, 0.1) is 22.0 Å². The average Bonchev–Trinajstić information content (AvgIpc) is 3.22. The number of rotatable bonds is 5. The van der Waals surface area contributed by atoms with Crippen LogP contribution in [0.1, 0.15) is 18.5 Å². The summed E-state index contributed by atoms with van der Waals surface area (Å²) in [4.78, 5) is 50.2. The molecule has 0 radical (unpaired) electrons. The van der Waals surface area contributed by atoms with Gasteiger partial charge in [0.25, 0.3) is 5.69 Å². The molecule has 2 aliphatic rings. The maximum absolute atomic E-state index is 13.4. The van der Waals surface area contributed by atoms with Crippen LogP contribution in [0.25, 0.3) is 0 Å². The standard InChI is InChI=1S/C21H19N3O8/c1-21(20(28)29)15-14(16(22-21)12-7-4-8-13(32-2)17(12)25)18(26)23(19(15)27)10-5-3-6-11(9-10)24(30)31/h3-9,14-16,22,25H,1-2H3,(H,28,29). The highest BCUT2D eigenvalue weighted by atomic mass is 16.6. The topological polar surface area (TPSA) is 159 Å². The molecule has 3 N–H and O–H groups in total. The number of fused-ring (bicyclic) bond motifs is 1. The van der Waals surface area contributed by atoms with Crippen molar-refractivity contribution in [3.05, 3.63) is 58.1 Å². The van der Waals surface area contributed by atoms with E-state index >= 15 is 0 Å². The minimum atomic E-state index is -1.83. The molecule has 4 rings (SSSR count). The number of benzene rings is 2. The highest BCUT2D eigenvalue weighted by Crippen LogP contribution is 2.52. The van der Waals surface area contributed by atoms with E-state index in [-0.39, 0.29) is 28.4 Å². The Balaban J connectivity index is 1.85. The first-order chi connectivity index (χ1) is 15.1. The van der Waals surface area contributed by atoms with Gasteiger partial charge in [-0.2, -0.15) is 0 Å². The van der Waals surface area contributed by atoms with Crippen molar-refractivity contribution < 1.29 is 34.3 Å². The zero-order valence-corrected chi connectivity index (χ0v) is 17.0. The molecule has 11 nitrogen and oxygen atoms in total. The number of nitrogens with zero attached hydrogens (tertiary/aromatic N) is 2. The molecule has 0 spiro atoms. The van der Waals surface area contributed by atoms with E-state index in [4.69, 9.17) is 4.74 Å². The van der Waals surface area contributed by atoms with Gasteiger partial charge in [-0.05, 0) is 19.1 Å². The molecule has 4 atom stereocenters. The lowest BCUT2D eigenvalue weighted by Gasteiger charge is -2.27. The molecule has 4 unspecified atom stereocenters. The van der Waals surface area contributed by atoms with Crippen LogP contribution in [0.3, 0.4) is 0 Å². The van der Waals surface area contributed by atoms with E-state index < -0.39 is 46.1 Å². The molecule has 0 aromatic heterocycles. The second kappa shape index (κ2) is 7.31.